The molecule has 0 unspecified atom stereocenters. The first kappa shape index (κ1) is 6.42. The van der Waals surface area contributed by atoms with Gasteiger partial charge in [-0.1, -0.05) is 6.92 Å². The van der Waals surface area contributed by atoms with Gasteiger partial charge in [0.15, 0.2) is 0 Å². The van der Waals surface area contributed by atoms with E-state index >= 15 is 0 Å². The molecule has 1 aliphatic heterocycles. The Bertz CT molecular complexity index is 111. The van der Waals surface area contributed by atoms with Crippen molar-refractivity contribution in [1.29, 1.82) is 0 Å². The number of nitrogens with two attached hydrogens (primary N) is 1. The lowest BCUT2D eigenvalue weighted by Crippen LogP contribution is -2.30. The average Bonchev–Trinajstić information content (AvgIpc) is 2.17. The summed E-state index contributed by atoms with van der Waals surface area (Å²) in [6.45, 7) is 4.10. The molecular formula is C6H13N3. The molecule has 1 aliphatic rings. The molecule has 1 rings (SSSR count). The molecule has 0 fully saturated rings. The Labute approximate surface area is 55.7 Å². The van der Waals surface area contributed by atoms with Crippen LogP contribution in [0, 0.1) is 0 Å². The summed E-state index contributed by atoms with van der Waals surface area (Å²) >= 11 is 0. The first-order valence-corrected chi connectivity index (χ1v) is 3.26. The van der Waals surface area contributed by atoms with Gasteiger partial charge < -0.3 is 4.90 Å². The Hall–Kier alpha value is -0.700. The maximum absolute atomic E-state index is 5.46. The van der Waals surface area contributed by atoms with Gasteiger partial charge in [0, 0.05) is 18.9 Å². The van der Waals surface area contributed by atoms with Gasteiger partial charge in [-0.15, -0.1) is 0 Å². The van der Waals surface area contributed by atoms with E-state index in [4.69, 9.17) is 5.84 Å². The number of hydrogen-bond acceptors (Lipinski definition) is 3. The molecule has 0 saturated heterocycles. The van der Waals surface area contributed by atoms with E-state index in [1.807, 2.05) is 12.4 Å². The van der Waals surface area contributed by atoms with Crippen molar-refractivity contribution in [3.63, 3.8) is 0 Å². The van der Waals surface area contributed by atoms with Crippen molar-refractivity contribution in [3.8, 4) is 0 Å². The molecule has 0 spiro atoms. The van der Waals surface area contributed by atoms with Gasteiger partial charge in [0.25, 0.3) is 0 Å². The minimum atomic E-state index is 0.841. The average molecular weight is 127 g/mol. The Kier molecular flexibility index (Phi) is 1.95. The van der Waals surface area contributed by atoms with Crippen molar-refractivity contribution < 1.29 is 0 Å². The third-order valence-electron chi connectivity index (χ3n) is 1.32. The second kappa shape index (κ2) is 2.73. The Morgan fingerprint density at radius 2 is 2.33 bits per heavy atom. The number of hydrazine groups is 1. The lowest BCUT2D eigenvalue weighted by atomic mass is 10.4. The molecule has 52 valence electrons. The topological polar surface area (TPSA) is 32.5 Å². The molecule has 3 nitrogen and oxygen atoms in total. The summed E-state index contributed by atoms with van der Waals surface area (Å²) in [5, 5.41) is 1.68. The van der Waals surface area contributed by atoms with Gasteiger partial charge in [-0.3, -0.25) is 5.01 Å². The van der Waals surface area contributed by atoms with E-state index in [0.29, 0.717) is 0 Å². The summed E-state index contributed by atoms with van der Waals surface area (Å²) in [4.78, 5) is 2.18. The van der Waals surface area contributed by atoms with E-state index in [2.05, 4.69) is 11.8 Å². The standard InChI is InChI=1S/C6H13N3/c1-2-3-8-4-5-9(7)6-8/h4-5H,2-3,6-7H2,1H3. The fraction of sp³-hybridized carbons (Fsp3) is 0.667. The zero-order valence-electron chi connectivity index (χ0n) is 5.75. The summed E-state index contributed by atoms with van der Waals surface area (Å²) in [5.41, 5.74) is 0. The zero-order chi connectivity index (χ0) is 6.69. The largest absolute Gasteiger partial charge is 0.357 e. The third kappa shape index (κ3) is 1.61. The normalized spacial score (nSPS) is 17.6. The van der Waals surface area contributed by atoms with Crippen LogP contribution >= 0.6 is 0 Å². The summed E-state index contributed by atoms with van der Waals surface area (Å²) in [5.74, 6) is 5.46. The van der Waals surface area contributed by atoms with Crippen LogP contribution < -0.4 is 5.84 Å². The highest BCUT2D eigenvalue weighted by Gasteiger charge is 2.05. The predicted octanol–water partition coefficient (Wildman–Crippen LogP) is 0.316. The smallest absolute Gasteiger partial charge is 0.104 e. The molecule has 3 heteroatoms. The van der Waals surface area contributed by atoms with Crippen molar-refractivity contribution in [1.82, 2.24) is 9.91 Å². The molecule has 0 amide bonds. The van der Waals surface area contributed by atoms with E-state index in [1.165, 1.54) is 6.42 Å². The van der Waals surface area contributed by atoms with E-state index in [9.17, 15) is 0 Å². The quantitative estimate of drug-likeness (QED) is 0.542. The molecule has 0 aromatic heterocycles. The summed E-state index contributed by atoms with van der Waals surface area (Å²) in [6.07, 6.45) is 5.08. The Morgan fingerprint density at radius 3 is 2.78 bits per heavy atom. The van der Waals surface area contributed by atoms with Crippen molar-refractivity contribution in [2.24, 2.45) is 5.84 Å². The van der Waals surface area contributed by atoms with E-state index in [1.54, 1.807) is 5.01 Å². The van der Waals surface area contributed by atoms with Crippen LogP contribution in [-0.2, 0) is 0 Å². The minimum absolute atomic E-state index is 0.841. The van der Waals surface area contributed by atoms with E-state index < -0.39 is 0 Å². The van der Waals surface area contributed by atoms with Crippen LogP contribution in [0.5, 0.6) is 0 Å². The van der Waals surface area contributed by atoms with Gasteiger partial charge >= 0.3 is 0 Å². The number of hydrogen-bond donors (Lipinski definition) is 1. The van der Waals surface area contributed by atoms with Crippen LogP contribution in [0.3, 0.4) is 0 Å². The molecule has 0 atom stereocenters. The van der Waals surface area contributed by atoms with E-state index in [-0.39, 0.29) is 0 Å². The molecule has 0 bridgehead atoms. The van der Waals surface area contributed by atoms with Crippen LogP contribution in [-0.4, -0.2) is 23.1 Å². The lowest BCUT2D eigenvalue weighted by Gasteiger charge is -2.15. The molecule has 0 saturated carbocycles. The maximum atomic E-state index is 5.46. The van der Waals surface area contributed by atoms with Crippen molar-refractivity contribution >= 4 is 0 Å². The second-order valence-corrected chi connectivity index (χ2v) is 2.27. The summed E-state index contributed by atoms with van der Waals surface area (Å²) in [7, 11) is 0. The molecule has 0 aromatic carbocycles. The Morgan fingerprint density at radius 1 is 1.56 bits per heavy atom. The lowest BCUT2D eigenvalue weighted by molar-refractivity contribution is 0.270. The van der Waals surface area contributed by atoms with Gasteiger partial charge in [0.1, 0.15) is 6.67 Å². The summed E-state index contributed by atoms with van der Waals surface area (Å²) < 4.78 is 0. The SMILES string of the molecule is CCCN1C=CN(N)C1. The molecule has 0 aromatic rings. The van der Waals surface area contributed by atoms with Crippen LogP contribution in [0.2, 0.25) is 0 Å². The summed E-state index contributed by atoms with van der Waals surface area (Å²) in [6, 6.07) is 0. The van der Waals surface area contributed by atoms with Crippen LogP contribution in [0.4, 0.5) is 0 Å². The monoisotopic (exact) mass is 127 g/mol. The minimum Gasteiger partial charge on any atom is -0.357 e. The molecule has 9 heavy (non-hydrogen) atoms. The second-order valence-electron chi connectivity index (χ2n) is 2.27. The number of rotatable bonds is 2. The third-order valence-corrected chi connectivity index (χ3v) is 1.32. The highest BCUT2D eigenvalue weighted by molar-refractivity contribution is 4.86. The molecule has 0 aliphatic carbocycles. The van der Waals surface area contributed by atoms with Crippen LogP contribution in [0.25, 0.3) is 0 Å². The van der Waals surface area contributed by atoms with Crippen molar-refractivity contribution in [2.75, 3.05) is 13.2 Å². The van der Waals surface area contributed by atoms with Crippen molar-refractivity contribution in [3.05, 3.63) is 12.4 Å². The zero-order valence-corrected chi connectivity index (χ0v) is 5.75. The van der Waals surface area contributed by atoms with Gasteiger partial charge in [0.2, 0.25) is 0 Å². The maximum Gasteiger partial charge on any atom is 0.104 e. The Balaban J connectivity index is 2.24. The molecule has 2 N–H and O–H groups in total. The molecule has 1 heterocycles. The molecule has 0 radical (unpaired) electrons. The van der Waals surface area contributed by atoms with Crippen LogP contribution in [0.1, 0.15) is 13.3 Å². The highest BCUT2D eigenvalue weighted by Crippen LogP contribution is 2.01. The van der Waals surface area contributed by atoms with E-state index in [0.717, 1.165) is 13.2 Å². The van der Waals surface area contributed by atoms with Gasteiger partial charge in [-0.25, -0.2) is 5.84 Å². The predicted molar refractivity (Wildman–Crippen MR) is 37.0 cm³/mol. The van der Waals surface area contributed by atoms with Gasteiger partial charge in [-0.2, -0.15) is 0 Å². The van der Waals surface area contributed by atoms with Gasteiger partial charge in [-0.05, 0) is 6.42 Å². The van der Waals surface area contributed by atoms with Gasteiger partial charge in [0.05, 0.1) is 0 Å². The number of nitrogens with zero attached hydrogens (tertiary/aromatic N) is 2. The first-order chi connectivity index (χ1) is 4.33. The fourth-order valence-corrected chi connectivity index (χ4v) is 0.916. The van der Waals surface area contributed by atoms with Crippen LogP contribution in [0.15, 0.2) is 12.4 Å². The highest BCUT2D eigenvalue weighted by atomic mass is 15.5. The fourth-order valence-electron chi connectivity index (χ4n) is 0.916. The first-order valence-electron chi connectivity index (χ1n) is 3.26. The van der Waals surface area contributed by atoms with Crippen molar-refractivity contribution in [2.45, 2.75) is 13.3 Å². The molecular weight excluding hydrogens is 114 g/mol.